The Morgan fingerprint density at radius 1 is 1.70 bits per heavy atom. The highest BCUT2D eigenvalue weighted by molar-refractivity contribution is 5.70. The third-order valence-electron chi connectivity index (χ3n) is 3.90. The molecule has 12 heteroatoms. The number of nitrogens with zero attached hydrogens (tertiary/aromatic N) is 6. The van der Waals surface area contributed by atoms with Crippen LogP contribution in [0.3, 0.4) is 0 Å². The molecule has 0 bridgehead atoms. The monoisotopic (exact) mass is 322 g/mol. The number of nitrogen functional groups attached to an aromatic ring is 1. The van der Waals surface area contributed by atoms with Gasteiger partial charge in [0.25, 0.3) is 5.56 Å². The highest BCUT2D eigenvalue weighted by Crippen LogP contribution is 2.42. The zero-order valence-electron chi connectivity index (χ0n) is 12.0. The molecule has 1 fully saturated rings. The Morgan fingerprint density at radius 2 is 2.43 bits per heavy atom. The molecular weight excluding hydrogens is 308 g/mol. The first-order valence-corrected chi connectivity index (χ1v) is 6.69. The summed E-state index contributed by atoms with van der Waals surface area (Å²) in [7, 11) is 0. The molecule has 0 unspecified atom stereocenters. The van der Waals surface area contributed by atoms with Crippen molar-refractivity contribution in [1.82, 2.24) is 19.5 Å². The van der Waals surface area contributed by atoms with E-state index in [4.69, 9.17) is 16.0 Å². The highest BCUT2D eigenvalue weighted by Gasteiger charge is 2.53. The van der Waals surface area contributed by atoms with Crippen LogP contribution >= 0.6 is 0 Å². The fourth-order valence-corrected chi connectivity index (χ4v) is 2.71. The number of nitrogens with two attached hydrogens (primary N) is 1. The van der Waals surface area contributed by atoms with Gasteiger partial charge in [-0.05, 0) is 5.53 Å². The van der Waals surface area contributed by atoms with E-state index in [1.54, 1.807) is 6.92 Å². The van der Waals surface area contributed by atoms with Crippen molar-refractivity contribution < 1.29 is 14.9 Å². The minimum atomic E-state index is -1.82. The number of azide groups is 1. The summed E-state index contributed by atoms with van der Waals surface area (Å²) in [5.41, 5.74) is 12.1. The van der Waals surface area contributed by atoms with Gasteiger partial charge in [-0.25, -0.2) is 4.98 Å². The van der Waals surface area contributed by atoms with Gasteiger partial charge in [-0.15, -0.1) is 0 Å². The predicted molar refractivity (Wildman–Crippen MR) is 76.8 cm³/mol. The molecule has 1 aliphatic rings. The zero-order valence-corrected chi connectivity index (χ0v) is 12.0. The molecule has 0 saturated carbocycles. The molecule has 0 spiro atoms. The molecular formula is C11H14N8O4. The lowest BCUT2D eigenvalue weighted by atomic mass is 9.98. The summed E-state index contributed by atoms with van der Waals surface area (Å²) in [4.78, 5) is 24.7. The second-order valence-electron chi connectivity index (χ2n) is 5.28. The lowest BCUT2D eigenvalue weighted by molar-refractivity contribution is -0.122. The van der Waals surface area contributed by atoms with Gasteiger partial charge in [-0.2, -0.15) is 4.98 Å². The Hall–Kier alpha value is -2.66. The summed E-state index contributed by atoms with van der Waals surface area (Å²) in [6, 6.07) is 0. The average molecular weight is 322 g/mol. The van der Waals surface area contributed by atoms with E-state index in [0.29, 0.717) is 0 Å². The fourth-order valence-electron chi connectivity index (χ4n) is 2.71. The molecule has 122 valence electrons. The number of H-pyrrole nitrogens is 1. The van der Waals surface area contributed by atoms with Crippen LogP contribution in [0.4, 0.5) is 5.95 Å². The second kappa shape index (κ2) is 5.21. The minimum absolute atomic E-state index is 0.0507. The van der Waals surface area contributed by atoms with Gasteiger partial charge in [0.05, 0.1) is 19.0 Å². The smallest absolute Gasteiger partial charge is 0.280 e. The van der Waals surface area contributed by atoms with Crippen LogP contribution in [0, 0.1) is 5.92 Å². The largest absolute Gasteiger partial charge is 0.393 e. The fraction of sp³-hybridized carbons (Fsp3) is 0.545. The summed E-state index contributed by atoms with van der Waals surface area (Å²) in [5.74, 6) is -0.675. The van der Waals surface area contributed by atoms with Gasteiger partial charge in [-0.3, -0.25) is 14.3 Å². The Kier molecular flexibility index (Phi) is 3.45. The molecule has 0 aromatic carbocycles. The zero-order chi connectivity index (χ0) is 16.8. The predicted octanol–water partition coefficient (Wildman–Crippen LogP) is -0.774. The van der Waals surface area contributed by atoms with Crippen molar-refractivity contribution in [2.75, 3.05) is 12.3 Å². The molecule has 0 radical (unpaired) electrons. The van der Waals surface area contributed by atoms with Crippen molar-refractivity contribution in [1.29, 1.82) is 0 Å². The van der Waals surface area contributed by atoms with Crippen molar-refractivity contribution in [2.24, 2.45) is 11.0 Å². The molecule has 1 aliphatic heterocycles. The van der Waals surface area contributed by atoms with Gasteiger partial charge in [0, 0.05) is 10.8 Å². The number of aromatic nitrogens is 4. The van der Waals surface area contributed by atoms with Crippen LogP contribution in [-0.4, -0.2) is 48.2 Å². The van der Waals surface area contributed by atoms with Crippen LogP contribution in [0.15, 0.2) is 16.2 Å². The van der Waals surface area contributed by atoms with Crippen LogP contribution < -0.4 is 11.3 Å². The van der Waals surface area contributed by atoms with E-state index in [2.05, 4.69) is 25.0 Å². The SMILES string of the molecule is C[C@@H]1[C@H](n2cnc3c(=O)[nH]c(N)nc32)O[C@@](CO)(N=[N+]=[N-])[C@H]1O. The van der Waals surface area contributed by atoms with E-state index in [9.17, 15) is 15.0 Å². The number of nitrogens with one attached hydrogen (secondary N) is 1. The third kappa shape index (κ3) is 2.12. The van der Waals surface area contributed by atoms with Crippen LogP contribution in [0.25, 0.3) is 21.6 Å². The molecule has 5 N–H and O–H groups in total. The van der Waals surface area contributed by atoms with Gasteiger partial charge >= 0.3 is 0 Å². The molecule has 23 heavy (non-hydrogen) atoms. The number of aromatic amines is 1. The maximum absolute atomic E-state index is 11.8. The van der Waals surface area contributed by atoms with Crippen molar-refractivity contribution in [2.45, 2.75) is 25.0 Å². The Labute approximate surface area is 128 Å². The summed E-state index contributed by atoms with van der Waals surface area (Å²) in [6.45, 7) is 0.934. The molecule has 0 amide bonds. The first-order valence-electron chi connectivity index (χ1n) is 6.69. The summed E-state index contributed by atoms with van der Waals surface area (Å²) < 4.78 is 7.01. The molecule has 3 heterocycles. The van der Waals surface area contributed by atoms with Gasteiger partial charge in [0.1, 0.15) is 6.23 Å². The normalized spacial score (nSPS) is 30.5. The third-order valence-corrected chi connectivity index (χ3v) is 3.90. The highest BCUT2D eigenvalue weighted by atomic mass is 16.6. The average Bonchev–Trinajstić information content (AvgIpc) is 3.03. The van der Waals surface area contributed by atoms with E-state index >= 15 is 0 Å². The number of imidazole rings is 1. The van der Waals surface area contributed by atoms with E-state index in [0.717, 1.165) is 0 Å². The van der Waals surface area contributed by atoms with E-state index in [1.807, 2.05) is 0 Å². The molecule has 4 atom stereocenters. The van der Waals surface area contributed by atoms with Crippen molar-refractivity contribution >= 4 is 17.1 Å². The van der Waals surface area contributed by atoms with Crippen molar-refractivity contribution in [3.05, 3.63) is 27.1 Å². The van der Waals surface area contributed by atoms with E-state index in [1.165, 1.54) is 10.9 Å². The van der Waals surface area contributed by atoms with E-state index in [-0.39, 0.29) is 17.1 Å². The lowest BCUT2D eigenvalue weighted by Gasteiger charge is -2.24. The first kappa shape index (κ1) is 15.2. The number of hydrogen-bond donors (Lipinski definition) is 4. The number of ether oxygens (including phenoxy) is 1. The van der Waals surface area contributed by atoms with Gasteiger partial charge in [0.15, 0.2) is 16.9 Å². The van der Waals surface area contributed by atoms with Crippen molar-refractivity contribution in [3.63, 3.8) is 0 Å². The molecule has 0 aliphatic carbocycles. The number of hydrogen-bond acceptors (Lipinski definition) is 8. The first-order chi connectivity index (χ1) is 10.9. The Morgan fingerprint density at radius 3 is 3.09 bits per heavy atom. The van der Waals surface area contributed by atoms with Gasteiger partial charge in [-0.1, -0.05) is 12.0 Å². The second-order valence-corrected chi connectivity index (χ2v) is 5.28. The van der Waals surface area contributed by atoms with Gasteiger partial charge < -0.3 is 20.7 Å². The quantitative estimate of drug-likeness (QED) is 0.324. The topological polar surface area (TPSA) is 188 Å². The van der Waals surface area contributed by atoms with Crippen LogP contribution in [-0.2, 0) is 4.74 Å². The number of rotatable bonds is 3. The molecule has 12 nitrogen and oxygen atoms in total. The summed E-state index contributed by atoms with van der Waals surface area (Å²) >= 11 is 0. The van der Waals surface area contributed by atoms with Gasteiger partial charge in [0.2, 0.25) is 5.95 Å². The standard InChI is InChI=1S/C11H14N8O4/c1-4-6(21)11(2-20,17-18-13)23-9(4)19-3-14-5-7(19)15-10(12)16-8(5)22/h3-4,6,9,20-21H,2H2,1H3,(H3,12,15,16,22)/t4-,6-,9+,11+/m0/s1. The molecule has 2 aromatic rings. The minimum Gasteiger partial charge on any atom is -0.393 e. The van der Waals surface area contributed by atoms with Crippen LogP contribution in [0.2, 0.25) is 0 Å². The molecule has 2 aromatic heterocycles. The summed E-state index contributed by atoms with van der Waals surface area (Å²) in [5, 5.41) is 23.2. The Balaban J connectivity index is 2.13. The van der Waals surface area contributed by atoms with Crippen LogP contribution in [0.1, 0.15) is 13.2 Å². The maximum atomic E-state index is 11.8. The van der Waals surface area contributed by atoms with Crippen LogP contribution in [0.5, 0.6) is 0 Å². The number of fused-ring (bicyclic) bond motifs is 1. The number of aliphatic hydroxyl groups excluding tert-OH is 2. The molecule has 1 saturated heterocycles. The summed E-state index contributed by atoms with van der Waals surface area (Å²) in [6.07, 6.45) is -0.810. The van der Waals surface area contributed by atoms with Crippen molar-refractivity contribution in [3.8, 4) is 0 Å². The number of aliphatic hydroxyl groups is 2. The number of anilines is 1. The maximum Gasteiger partial charge on any atom is 0.280 e. The molecule has 3 rings (SSSR count). The lowest BCUT2D eigenvalue weighted by Crippen LogP contribution is -2.42. The van der Waals surface area contributed by atoms with E-state index < -0.39 is 36.1 Å². The Bertz CT molecular complexity index is 855.